The maximum Gasteiger partial charge on any atom is 0.229 e. The molecule has 0 N–H and O–H groups in total. The minimum Gasteiger partial charge on any atom is -0.281 e. The van der Waals surface area contributed by atoms with Gasteiger partial charge in [-0.25, -0.2) is 13.2 Å². The van der Waals surface area contributed by atoms with Crippen molar-refractivity contribution in [2.75, 3.05) is 0 Å². The van der Waals surface area contributed by atoms with Gasteiger partial charge in [-0.3, -0.25) is 4.79 Å². The third-order valence-corrected chi connectivity index (χ3v) is 2.14. The molecule has 5 heteroatoms. The van der Waals surface area contributed by atoms with Crippen molar-refractivity contribution in [3.05, 3.63) is 35.1 Å². The van der Waals surface area contributed by atoms with Crippen molar-refractivity contribution in [1.29, 1.82) is 0 Å². The van der Waals surface area contributed by atoms with Crippen molar-refractivity contribution in [3.63, 3.8) is 0 Å². The normalized spacial score (nSPS) is 12.6. The van der Waals surface area contributed by atoms with Gasteiger partial charge in [0, 0.05) is 17.7 Å². The molecule has 0 amide bonds. The fourth-order valence-corrected chi connectivity index (χ4v) is 1.19. The van der Waals surface area contributed by atoms with E-state index in [0.717, 1.165) is 0 Å². The third kappa shape index (κ3) is 2.07. The van der Waals surface area contributed by atoms with E-state index < -0.39 is 34.2 Å². The lowest BCUT2D eigenvalue weighted by Crippen LogP contribution is -2.08. The van der Waals surface area contributed by atoms with Gasteiger partial charge in [0.1, 0.15) is 17.5 Å². The van der Waals surface area contributed by atoms with Gasteiger partial charge in [-0.15, -0.1) is 0 Å². The lowest BCUT2D eigenvalue weighted by Gasteiger charge is -2.09. The Labute approximate surface area is 83.5 Å². The average Bonchev–Trinajstić information content (AvgIpc) is 2.01. The molecule has 1 unspecified atom stereocenters. The highest BCUT2D eigenvalue weighted by Gasteiger charge is 2.22. The number of benzene rings is 1. The molecule has 0 aromatic heterocycles. The minimum atomic E-state index is -1.13. The summed E-state index contributed by atoms with van der Waals surface area (Å²) in [6.45, 7) is 1.24. The van der Waals surface area contributed by atoms with Crippen LogP contribution in [0.15, 0.2) is 12.1 Å². The molecule has 0 aliphatic rings. The standard InChI is InChI=1S/C9H6ClF3O/c1-4(9(10)14)8-6(12)2-5(11)3-7(8)13/h2-4H,1H3. The maximum atomic E-state index is 13.0. The zero-order chi connectivity index (χ0) is 10.9. The Balaban J connectivity index is 3.27. The summed E-state index contributed by atoms with van der Waals surface area (Å²) in [5.74, 6) is -4.37. The zero-order valence-electron chi connectivity index (χ0n) is 7.15. The quantitative estimate of drug-likeness (QED) is 0.703. The minimum absolute atomic E-state index is 0.508. The lowest BCUT2D eigenvalue weighted by molar-refractivity contribution is -0.112. The molecule has 1 atom stereocenters. The lowest BCUT2D eigenvalue weighted by atomic mass is 10.0. The first-order valence-corrected chi connectivity index (χ1v) is 4.15. The summed E-state index contributed by atoms with van der Waals surface area (Å²) in [5, 5.41) is -0.894. The van der Waals surface area contributed by atoms with E-state index >= 15 is 0 Å². The molecule has 14 heavy (non-hydrogen) atoms. The van der Waals surface area contributed by atoms with Crippen molar-refractivity contribution in [2.45, 2.75) is 12.8 Å². The second kappa shape index (κ2) is 4.00. The number of rotatable bonds is 2. The van der Waals surface area contributed by atoms with Crippen molar-refractivity contribution < 1.29 is 18.0 Å². The van der Waals surface area contributed by atoms with Gasteiger partial charge in [-0.1, -0.05) is 0 Å². The van der Waals surface area contributed by atoms with E-state index in [1.165, 1.54) is 6.92 Å². The molecule has 0 heterocycles. The van der Waals surface area contributed by atoms with Gasteiger partial charge < -0.3 is 0 Å². The summed E-state index contributed by atoms with van der Waals surface area (Å²) in [6.07, 6.45) is 0. The van der Waals surface area contributed by atoms with Crippen molar-refractivity contribution >= 4 is 16.8 Å². The van der Waals surface area contributed by atoms with Crippen LogP contribution in [0.25, 0.3) is 0 Å². The van der Waals surface area contributed by atoms with Gasteiger partial charge in [-0.2, -0.15) is 0 Å². The average molecular weight is 223 g/mol. The molecule has 0 fully saturated rings. The highest BCUT2D eigenvalue weighted by atomic mass is 35.5. The highest BCUT2D eigenvalue weighted by Crippen LogP contribution is 2.25. The Hall–Kier alpha value is -1.03. The second-order valence-electron chi connectivity index (χ2n) is 2.81. The molecule has 1 aromatic rings. The third-order valence-electron chi connectivity index (χ3n) is 1.82. The molecule has 0 aliphatic heterocycles. The zero-order valence-corrected chi connectivity index (χ0v) is 7.91. The predicted octanol–water partition coefficient (Wildman–Crippen LogP) is 2.97. The predicted molar refractivity (Wildman–Crippen MR) is 45.6 cm³/mol. The van der Waals surface area contributed by atoms with Crippen LogP contribution in [0.2, 0.25) is 0 Å². The molecular weight excluding hydrogens is 217 g/mol. The Morgan fingerprint density at radius 1 is 1.29 bits per heavy atom. The van der Waals surface area contributed by atoms with Gasteiger partial charge >= 0.3 is 0 Å². The summed E-state index contributed by atoms with van der Waals surface area (Å²) < 4.78 is 38.5. The van der Waals surface area contributed by atoms with E-state index in [9.17, 15) is 18.0 Å². The van der Waals surface area contributed by atoms with Crippen LogP contribution in [0.4, 0.5) is 13.2 Å². The van der Waals surface area contributed by atoms with E-state index in [1.54, 1.807) is 0 Å². The van der Waals surface area contributed by atoms with Crippen LogP contribution in [-0.2, 0) is 4.79 Å². The van der Waals surface area contributed by atoms with Crippen LogP contribution in [0.1, 0.15) is 18.4 Å². The SMILES string of the molecule is CC(C(=O)Cl)c1c(F)cc(F)cc1F. The van der Waals surface area contributed by atoms with Gasteiger partial charge in [0.2, 0.25) is 5.24 Å². The Morgan fingerprint density at radius 2 is 1.71 bits per heavy atom. The van der Waals surface area contributed by atoms with Crippen LogP contribution >= 0.6 is 11.6 Å². The topological polar surface area (TPSA) is 17.1 Å². The largest absolute Gasteiger partial charge is 0.281 e. The van der Waals surface area contributed by atoms with E-state index in [0.29, 0.717) is 12.1 Å². The first-order chi connectivity index (χ1) is 6.43. The first kappa shape index (κ1) is 11.0. The van der Waals surface area contributed by atoms with Gasteiger partial charge in [-0.05, 0) is 18.5 Å². The summed E-state index contributed by atoms with van der Waals surface area (Å²) in [5.41, 5.74) is -0.508. The van der Waals surface area contributed by atoms with Crippen molar-refractivity contribution in [3.8, 4) is 0 Å². The molecule has 0 radical (unpaired) electrons. The molecule has 0 saturated heterocycles. The fraction of sp³-hybridized carbons (Fsp3) is 0.222. The molecule has 0 aliphatic carbocycles. The van der Waals surface area contributed by atoms with Crippen molar-refractivity contribution in [2.24, 2.45) is 0 Å². The summed E-state index contributed by atoms with van der Waals surface area (Å²) in [6, 6.07) is 1.02. The maximum absolute atomic E-state index is 13.0. The van der Waals surface area contributed by atoms with E-state index in [1.807, 2.05) is 0 Å². The number of hydrogen-bond donors (Lipinski definition) is 0. The molecule has 0 bridgehead atoms. The smallest absolute Gasteiger partial charge is 0.229 e. The van der Waals surface area contributed by atoms with Gasteiger partial charge in [0.15, 0.2) is 0 Å². The summed E-state index contributed by atoms with van der Waals surface area (Å²) >= 11 is 5.08. The Bertz CT molecular complexity index is 355. The number of carbonyl (C=O) groups excluding carboxylic acids is 1. The number of halogens is 4. The van der Waals surface area contributed by atoms with Crippen LogP contribution in [0.3, 0.4) is 0 Å². The summed E-state index contributed by atoms with van der Waals surface area (Å²) in [4.78, 5) is 10.7. The van der Waals surface area contributed by atoms with Crippen LogP contribution < -0.4 is 0 Å². The Kier molecular flexibility index (Phi) is 3.16. The molecule has 0 spiro atoms. The Morgan fingerprint density at radius 3 is 2.07 bits per heavy atom. The molecule has 1 rings (SSSR count). The monoisotopic (exact) mass is 222 g/mol. The molecule has 1 nitrogen and oxygen atoms in total. The molecule has 1 aromatic carbocycles. The molecular formula is C9H6ClF3O. The highest BCUT2D eigenvalue weighted by molar-refractivity contribution is 6.64. The van der Waals surface area contributed by atoms with Crippen LogP contribution in [0, 0.1) is 17.5 Å². The van der Waals surface area contributed by atoms with Gasteiger partial charge in [0.05, 0.1) is 5.92 Å². The fourth-order valence-electron chi connectivity index (χ4n) is 1.08. The summed E-state index contributed by atoms with van der Waals surface area (Å²) in [7, 11) is 0. The van der Waals surface area contributed by atoms with Gasteiger partial charge in [0.25, 0.3) is 0 Å². The van der Waals surface area contributed by atoms with Crippen LogP contribution in [-0.4, -0.2) is 5.24 Å². The molecule has 0 saturated carbocycles. The molecule has 76 valence electrons. The van der Waals surface area contributed by atoms with E-state index in [2.05, 4.69) is 0 Å². The van der Waals surface area contributed by atoms with Crippen molar-refractivity contribution in [1.82, 2.24) is 0 Å². The van der Waals surface area contributed by atoms with E-state index in [-0.39, 0.29) is 0 Å². The van der Waals surface area contributed by atoms with E-state index in [4.69, 9.17) is 11.6 Å². The number of carbonyl (C=O) groups is 1. The number of hydrogen-bond acceptors (Lipinski definition) is 1. The first-order valence-electron chi connectivity index (χ1n) is 3.77. The van der Waals surface area contributed by atoms with Crippen LogP contribution in [0.5, 0.6) is 0 Å². The second-order valence-corrected chi connectivity index (χ2v) is 3.18.